The van der Waals surface area contributed by atoms with Crippen molar-refractivity contribution in [3.05, 3.63) is 18.2 Å². The minimum Gasteiger partial charge on any atom is -0.494 e. The van der Waals surface area contributed by atoms with Gasteiger partial charge in [-0.15, -0.1) is 0 Å². The third-order valence-corrected chi connectivity index (χ3v) is 4.97. The number of hydrogen-bond donors (Lipinski definition) is 1. The Morgan fingerprint density at radius 2 is 2.21 bits per heavy atom. The van der Waals surface area contributed by atoms with Gasteiger partial charge >= 0.3 is 0 Å². The molecule has 1 saturated carbocycles. The average molecular weight is 276 g/mol. The van der Waals surface area contributed by atoms with E-state index < -0.39 is 0 Å². The summed E-state index contributed by atoms with van der Waals surface area (Å²) in [6.45, 7) is 6.04. The van der Waals surface area contributed by atoms with Gasteiger partial charge < -0.3 is 10.1 Å². The zero-order chi connectivity index (χ0) is 13.3. The first-order valence-electron chi connectivity index (χ1n) is 7.02. The van der Waals surface area contributed by atoms with Gasteiger partial charge in [0.25, 0.3) is 0 Å². The molecule has 1 aliphatic rings. The van der Waals surface area contributed by atoms with Crippen LogP contribution in [-0.4, -0.2) is 18.1 Å². The van der Waals surface area contributed by atoms with E-state index in [1.165, 1.54) is 24.0 Å². The molecule has 1 fully saturated rings. The summed E-state index contributed by atoms with van der Waals surface area (Å²) in [7, 11) is 0. The van der Waals surface area contributed by atoms with E-state index in [0.717, 1.165) is 22.9 Å². The third-order valence-electron chi connectivity index (χ3n) is 3.99. The van der Waals surface area contributed by atoms with Gasteiger partial charge in [-0.3, -0.25) is 0 Å². The smallest absolute Gasteiger partial charge is 0.183 e. The van der Waals surface area contributed by atoms with Crippen LogP contribution in [0.25, 0.3) is 10.2 Å². The van der Waals surface area contributed by atoms with Crippen LogP contribution in [0.2, 0.25) is 0 Å². The lowest BCUT2D eigenvalue weighted by Crippen LogP contribution is -2.13. The van der Waals surface area contributed by atoms with E-state index in [9.17, 15) is 0 Å². The molecule has 0 radical (unpaired) electrons. The van der Waals surface area contributed by atoms with E-state index in [4.69, 9.17) is 4.74 Å². The predicted molar refractivity (Wildman–Crippen MR) is 81.2 cm³/mol. The first-order chi connectivity index (χ1) is 9.24. The van der Waals surface area contributed by atoms with Gasteiger partial charge in [0.1, 0.15) is 5.75 Å². The molecule has 0 unspecified atom stereocenters. The number of ether oxygens (including phenoxy) is 1. The highest BCUT2D eigenvalue weighted by Crippen LogP contribution is 2.48. The normalized spacial score (nSPS) is 16.5. The van der Waals surface area contributed by atoms with E-state index in [1.54, 1.807) is 11.3 Å². The van der Waals surface area contributed by atoms with Gasteiger partial charge in [-0.25, -0.2) is 4.98 Å². The molecule has 1 heterocycles. The topological polar surface area (TPSA) is 34.1 Å². The van der Waals surface area contributed by atoms with Crippen LogP contribution in [0.15, 0.2) is 18.2 Å². The summed E-state index contributed by atoms with van der Waals surface area (Å²) in [5.41, 5.74) is 1.60. The van der Waals surface area contributed by atoms with Crippen LogP contribution in [0.1, 0.15) is 33.1 Å². The fourth-order valence-corrected chi connectivity index (χ4v) is 3.22. The molecule has 3 nitrogen and oxygen atoms in total. The average Bonchev–Trinajstić information content (AvgIpc) is 3.09. The number of anilines is 1. The minimum absolute atomic E-state index is 0.550. The Bertz CT molecular complexity index is 575. The number of rotatable bonds is 6. The zero-order valence-electron chi connectivity index (χ0n) is 11.5. The fraction of sp³-hybridized carbons (Fsp3) is 0.533. The van der Waals surface area contributed by atoms with Gasteiger partial charge in [-0.1, -0.05) is 18.3 Å². The summed E-state index contributed by atoms with van der Waals surface area (Å²) >= 11 is 1.71. The van der Waals surface area contributed by atoms with Crippen molar-refractivity contribution in [2.75, 3.05) is 18.5 Å². The van der Waals surface area contributed by atoms with Crippen LogP contribution in [0.5, 0.6) is 5.75 Å². The lowest BCUT2D eigenvalue weighted by Gasteiger charge is -2.11. The Kier molecular flexibility index (Phi) is 3.35. The molecule has 3 rings (SSSR count). The molecular weight excluding hydrogens is 256 g/mol. The van der Waals surface area contributed by atoms with Gasteiger partial charge in [0.05, 0.1) is 16.8 Å². The molecule has 2 aromatic rings. The van der Waals surface area contributed by atoms with Crippen molar-refractivity contribution in [3.63, 3.8) is 0 Å². The maximum absolute atomic E-state index is 5.52. The first kappa shape index (κ1) is 12.7. The Morgan fingerprint density at radius 3 is 2.89 bits per heavy atom. The predicted octanol–water partition coefficient (Wildman–Crippen LogP) is 4.30. The van der Waals surface area contributed by atoms with E-state index in [1.807, 2.05) is 19.1 Å². The van der Waals surface area contributed by atoms with Crippen LogP contribution in [0, 0.1) is 5.41 Å². The van der Waals surface area contributed by atoms with Crippen molar-refractivity contribution < 1.29 is 4.74 Å². The fourth-order valence-electron chi connectivity index (χ4n) is 2.33. The van der Waals surface area contributed by atoms with E-state index in [2.05, 4.69) is 23.3 Å². The standard InChI is InChI=1S/C15H20N2OS/c1-3-15(7-8-15)10-16-14-17-12-6-5-11(18-4-2)9-13(12)19-14/h5-6,9H,3-4,7-8,10H2,1-2H3,(H,16,17). The maximum atomic E-state index is 5.52. The molecule has 0 spiro atoms. The van der Waals surface area contributed by atoms with Crippen LogP contribution in [0.3, 0.4) is 0 Å². The summed E-state index contributed by atoms with van der Waals surface area (Å²) in [4.78, 5) is 4.63. The van der Waals surface area contributed by atoms with Crippen LogP contribution >= 0.6 is 11.3 Å². The summed E-state index contributed by atoms with van der Waals surface area (Å²) in [6.07, 6.45) is 3.98. The summed E-state index contributed by atoms with van der Waals surface area (Å²) < 4.78 is 6.71. The lowest BCUT2D eigenvalue weighted by molar-refractivity contribution is 0.341. The molecule has 1 N–H and O–H groups in total. The minimum atomic E-state index is 0.550. The van der Waals surface area contributed by atoms with E-state index in [0.29, 0.717) is 12.0 Å². The van der Waals surface area contributed by atoms with Gasteiger partial charge in [-0.2, -0.15) is 0 Å². The molecule has 19 heavy (non-hydrogen) atoms. The number of nitrogens with one attached hydrogen (secondary N) is 1. The highest BCUT2D eigenvalue weighted by Gasteiger charge is 2.40. The number of hydrogen-bond acceptors (Lipinski definition) is 4. The molecule has 1 aliphatic carbocycles. The highest BCUT2D eigenvalue weighted by molar-refractivity contribution is 7.22. The van der Waals surface area contributed by atoms with Gasteiger partial charge in [0.15, 0.2) is 5.13 Å². The van der Waals surface area contributed by atoms with E-state index >= 15 is 0 Å². The van der Waals surface area contributed by atoms with Gasteiger partial charge in [0, 0.05) is 6.54 Å². The van der Waals surface area contributed by atoms with Crippen molar-refractivity contribution in [2.24, 2.45) is 5.41 Å². The van der Waals surface area contributed by atoms with Crippen LogP contribution in [-0.2, 0) is 0 Å². The SMILES string of the molecule is CCOc1ccc2nc(NCC3(CC)CC3)sc2c1. The molecule has 0 atom stereocenters. The van der Waals surface area contributed by atoms with Crippen LogP contribution < -0.4 is 10.1 Å². The quantitative estimate of drug-likeness (QED) is 0.854. The van der Waals surface area contributed by atoms with Gasteiger partial charge in [-0.05, 0) is 49.8 Å². The zero-order valence-corrected chi connectivity index (χ0v) is 12.3. The molecule has 0 saturated heterocycles. The molecule has 102 valence electrons. The maximum Gasteiger partial charge on any atom is 0.183 e. The van der Waals surface area contributed by atoms with Crippen molar-refractivity contribution in [2.45, 2.75) is 33.1 Å². The van der Waals surface area contributed by atoms with Crippen molar-refractivity contribution >= 4 is 26.7 Å². The number of aromatic nitrogens is 1. The van der Waals surface area contributed by atoms with Crippen LogP contribution in [0.4, 0.5) is 5.13 Å². The second-order valence-electron chi connectivity index (χ2n) is 5.29. The van der Waals surface area contributed by atoms with Crippen molar-refractivity contribution in [1.82, 2.24) is 4.98 Å². The molecule has 4 heteroatoms. The molecule has 0 aliphatic heterocycles. The van der Waals surface area contributed by atoms with Crippen molar-refractivity contribution in [1.29, 1.82) is 0 Å². The number of benzene rings is 1. The Balaban J connectivity index is 1.74. The second kappa shape index (κ2) is 5.00. The Morgan fingerprint density at radius 1 is 1.37 bits per heavy atom. The van der Waals surface area contributed by atoms with Crippen molar-refractivity contribution in [3.8, 4) is 5.75 Å². The molecule has 1 aromatic carbocycles. The third kappa shape index (κ3) is 2.68. The van der Waals surface area contributed by atoms with E-state index in [-0.39, 0.29) is 0 Å². The first-order valence-corrected chi connectivity index (χ1v) is 7.83. The molecule has 0 amide bonds. The lowest BCUT2D eigenvalue weighted by atomic mass is 10.0. The second-order valence-corrected chi connectivity index (χ2v) is 6.32. The Hall–Kier alpha value is -1.29. The molecular formula is C15H20N2OS. The highest BCUT2D eigenvalue weighted by atomic mass is 32.1. The number of fused-ring (bicyclic) bond motifs is 1. The summed E-state index contributed by atoms with van der Waals surface area (Å²) in [6, 6.07) is 6.10. The number of thiazole rings is 1. The summed E-state index contributed by atoms with van der Waals surface area (Å²) in [5, 5.41) is 4.54. The Labute approximate surface area is 118 Å². The number of nitrogens with zero attached hydrogens (tertiary/aromatic N) is 1. The largest absolute Gasteiger partial charge is 0.494 e. The summed E-state index contributed by atoms with van der Waals surface area (Å²) in [5.74, 6) is 0.928. The monoisotopic (exact) mass is 276 g/mol. The molecule has 1 aromatic heterocycles. The van der Waals surface area contributed by atoms with Gasteiger partial charge in [0.2, 0.25) is 0 Å². The molecule has 0 bridgehead atoms.